The molecule has 1 aliphatic rings. The van der Waals surface area contributed by atoms with Crippen LogP contribution in [0.3, 0.4) is 0 Å². The molecule has 0 N–H and O–H groups in total. The van der Waals surface area contributed by atoms with Crippen LogP contribution < -0.4 is 0 Å². The average molecular weight is 246 g/mol. The smallest absolute Gasteiger partial charge is 0.164 e. The first-order valence-corrected chi connectivity index (χ1v) is 6.91. The summed E-state index contributed by atoms with van der Waals surface area (Å²) in [5, 5.41) is 0. The van der Waals surface area contributed by atoms with Crippen molar-refractivity contribution in [1.29, 1.82) is 0 Å². The number of hydrogen-bond acceptors (Lipinski definition) is 2. The Labute approximate surface area is 109 Å². The van der Waals surface area contributed by atoms with Gasteiger partial charge in [-0.2, -0.15) is 0 Å². The van der Waals surface area contributed by atoms with Gasteiger partial charge in [-0.1, -0.05) is 37.3 Å². The highest BCUT2D eigenvalue weighted by molar-refractivity contribution is 5.87. The quantitative estimate of drug-likeness (QED) is 0.797. The summed E-state index contributed by atoms with van der Waals surface area (Å²) in [6, 6.07) is 10.5. The Morgan fingerprint density at radius 3 is 2.67 bits per heavy atom. The highest BCUT2D eigenvalue weighted by atomic mass is 16.5. The van der Waals surface area contributed by atoms with Crippen molar-refractivity contribution in [2.45, 2.75) is 39.2 Å². The Hall–Kier alpha value is -1.15. The molecule has 0 spiro atoms. The van der Waals surface area contributed by atoms with Crippen molar-refractivity contribution in [3.05, 3.63) is 35.9 Å². The summed E-state index contributed by atoms with van der Waals surface area (Å²) in [6.45, 7) is 4.62. The standard InChI is InChI=1S/C16H22O2/c1-3-18-16-14(11-12(2)15(16)17)10-9-13-7-5-4-6-8-13/h4-8,12,14,16H,3,9-11H2,1-2H3. The van der Waals surface area contributed by atoms with Crippen LogP contribution in [0.5, 0.6) is 0 Å². The van der Waals surface area contributed by atoms with E-state index in [2.05, 4.69) is 24.3 Å². The predicted molar refractivity (Wildman–Crippen MR) is 72.5 cm³/mol. The van der Waals surface area contributed by atoms with Gasteiger partial charge in [-0.15, -0.1) is 0 Å². The molecule has 0 aliphatic heterocycles. The molecule has 0 aromatic heterocycles. The second-order valence-electron chi connectivity index (χ2n) is 5.20. The number of benzene rings is 1. The van der Waals surface area contributed by atoms with Crippen molar-refractivity contribution >= 4 is 5.78 Å². The van der Waals surface area contributed by atoms with Gasteiger partial charge in [0.15, 0.2) is 5.78 Å². The molecular weight excluding hydrogens is 224 g/mol. The highest BCUT2D eigenvalue weighted by Gasteiger charge is 2.39. The number of carbonyl (C=O) groups excluding carboxylic acids is 1. The van der Waals surface area contributed by atoms with E-state index in [-0.39, 0.29) is 12.0 Å². The molecule has 2 heteroatoms. The van der Waals surface area contributed by atoms with E-state index in [1.54, 1.807) is 0 Å². The monoisotopic (exact) mass is 246 g/mol. The first-order valence-electron chi connectivity index (χ1n) is 6.91. The second kappa shape index (κ2) is 6.14. The fourth-order valence-corrected chi connectivity index (χ4v) is 2.87. The Morgan fingerprint density at radius 1 is 1.28 bits per heavy atom. The summed E-state index contributed by atoms with van der Waals surface area (Å²) in [4.78, 5) is 12.0. The van der Waals surface area contributed by atoms with Crippen LogP contribution in [0.15, 0.2) is 30.3 Å². The van der Waals surface area contributed by atoms with Crippen LogP contribution in [-0.2, 0) is 16.0 Å². The lowest BCUT2D eigenvalue weighted by molar-refractivity contribution is -0.131. The maximum Gasteiger partial charge on any atom is 0.164 e. The third-order valence-corrected chi connectivity index (χ3v) is 3.84. The predicted octanol–water partition coefficient (Wildman–Crippen LogP) is 3.25. The Morgan fingerprint density at radius 2 is 2.00 bits per heavy atom. The molecule has 2 nitrogen and oxygen atoms in total. The Kier molecular flexibility index (Phi) is 4.54. The van der Waals surface area contributed by atoms with Gasteiger partial charge in [0, 0.05) is 12.5 Å². The summed E-state index contributed by atoms with van der Waals surface area (Å²) in [5.74, 6) is 0.866. The number of ether oxygens (including phenoxy) is 1. The molecule has 1 aliphatic carbocycles. The van der Waals surface area contributed by atoms with Crippen LogP contribution in [0.25, 0.3) is 0 Å². The summed E-state index contributed by atoms with van der Waals surface area (Å²) in [5.41, 5.74) is 1.35. The van der Waals surface area contributed by atoms with Crippen LogP contribution in [-0.4, -0.2) is 18.5 Å². The topological polar surface area (TPSA) is 26.3 Å². The molecule has 1 fully saturated rings. The second-order valence-corrected chi connectivity index (χ2v) is 5.20. The number of rotatable bonds is 5. The summed E-state index contributed by atoms with van der Waals surface area (Å²) in [6.07, 6.45) is 2.91. The van der Waals surface area contributed by atoms with Crippen molar-refractivity contribution in [2.24, 2.45) is 11.8 Å². The zero-order chi connectivity index (χ0) is 13.0. The van der Waals surface area contributed by atoms with Gasteiger partial charge < -0.3 is 4.74 Å². The van der Waals surface area contributed by atoms with Crippen molar-refractivity contribution < 1.29 is 9.53 Å². The lowest BCUT2D eigenvalue weighted by Crippen LogP contribution is -2.26. The third-order valence-electron chi connectivity index (χ3n) is 3.84. The van der Waals surface area contributed by atoms with E-state index in [0.29, 0.717) is 18.3 Å². The van der Waals surface area contributed by atoms with Crippen LogP contribution in [0.4, 0.5) is 0 Å². The minimum Gasteiger partial charge on any atom is -0.370 e. The molecule has 3 atom stereocenters. The molecule has 1 aromatic carbocycles. The van der Waals surface area contributed by atoms with Crippen LogP contribution >= 0.6 is 0 Å². The number of ketones is 1. The molecule has 1 saturated carbocycles. The van der Waals surface area contributed by atoms with Gasteiger partial charge in [-0.05, 0) is 37.7 Å². The van der Waals surface area contributed by atoms with Crippen LogP contribution in [0, 0.1) is 11.8 Å². The Balaban J connectivity index is 1.94. The van der Waals surface area contributed by atoms with Gasteiger partial charge in [-0.25, -0.2) is 0 Å². The maximum absolute atomic E-state index is 12.0. The zero-order valence-corrected chi connectivity index (χ0v) is 11.3. The minimum atomic E-state index is -0.159. The Bertz CT molecular complexity index is 385. The minimum absolute atomic E-state index is 0.159. The van der Waals surface area contributed by atoms with Gasteiger partial charge in [0.05, 0.1) is 0 Å². The molecule has 18 heavy (non-hydrogen) atoms. The lowest BCUT2D eigenvalue weighted by Gasteiger charge is -2.18. The van der Waals surface area contributed by atoms with Crippen molar-refractivity contribution in [2.75, 3.05) is 6.61 Å². The highest BCUT2D eigenvalue weighted by Crippen LogP contribution is 2.33. The largest absolute Gasteiger partial charge is 0.370 e. The molecule has 3 unspecified atom stereocenters. The number of carbonyl (C=O) groups is 1. The first kappa shape index (κ1) is 13.3. The number of Topliss-reactive ketones (excluding diaryl/α,β-unsaturated/α-hetero) is 1. The van der Waals surface area contributed by atoms with E-state index in [1.165, 1.54) is 5.56 Å². The average Bonchev–Trinajstić information content (AvgIpc) is 2.66. The molecule has 1 aromatic rings. The SMILES string of the molecule is CCOC1C(=O)C(C)CC1CCc1ccccc1. The van der Waals surface area contributed by atoms with E-state index < -0.39 is 0 Å². The van der Waals surface area contributed by atoms with Gasteiger partial charge >= 0.3 is 0 Å². The summed E-state index contributed by atoms with van der Waals surface area (Å²) in [7, 11) is 0. The normalized spacial score (nSPS) is 27.7. The van der Waals surface area contributed by atoms with Crippen LogP contribution in [0.1, 0.15) is 32.3 Å². The molecule has 0 amide bonds. The molecule has 2 rings (SSSR count). The fourth-order valence-electron chi connectivity index (χ4n) is 2.87. The molecule has 0 bridgehead atoms. The summed E-state index contributed by atoms with van der Waals surface area (Å²) >= 11 is 0. The third kappa shape index (κ3) is 2.99. The maximum atomic E-state index is 12.0. The van der Waals surface area contributed by atoms with E-state index in [9.17, 15) is 4.79 Å². The summed E-state index contributed by atoms with van der Waals surface area (Å²) < 4.78 is 5.64. The molecule has 0 radical (unpaired) electrons. The zero-order valence-electron chi connectivity index (χ0n) is 11.3. The van der Waals surface area contributed by atoms with E-state index in [0.717, 1.165) is 19.3 Å². The van der Waals surface area contributed by atoms with Gasteiger partial charge in [0.1, 0.15) is 6.10 Å². The fraction of sp³-hybridized carbons (Fsp3) is 0.562. The molecular formula is C16H22O2. The lowest BCUT2D eigenvalue weighted by atomic mass is 9.96. The van der Waals surface area contributed by atoms with E-state index >= 15 is 0 Å². The van der Waals surface area contributed by atoms with Gasteiger partial charge in [0.2, 0.25) is 0 Å². The molecule has 98 valence electrons. The van der Waals surface area contributed by atoms with Crippen molar-refractivity contribution in [3.8, 4) is 0 Å². The van der Waals surface area contributed by atoms with Gasteiger partial charge in [-0.3, -0.25) is 4.79 Å². The van der Waals surface area contributed by atoms with Crippen molar-refractivity contribution in [3.63, 3.8) is 0 Å². The molecule has 0 heterocycles. The van der Waals surface area contributed by atoms with E-state index in [1.807, 2.05) is 19.9 Å². The van der Waals surface area contributed by atoms with Gasteiger partial charge in [0.25, 0.3) is 0 Å². The molecule has 0 saturated heterocycles. The van der Waals surface area contributed by atoms with E-state index in [4.69, 9.17) is 4.74 Å². The first-order chi connectivity index (χ1) is 8.72. The number of aryl methyl sites for hydroxylation is 1. The number of hydrogen-bond donors (Lipinski definition) is 0. The van der Waals surface area contributed by atoms with Crippen molar-refractivity contribution in [1.82, 2.24) is 0 Å². The van der Waals surface area contributed by atoms with Crippen LogP contribution in [0.2, 0.25) is 0 Å².